The first kappa shape index (κ1) is 23.0. The fourth-order valence-electron chi connectivity index (χ4n) is 2.71. The number of imide groups is 1. The number of carbonyl (C=O) groups excluding carboxylic acids is 3. The molecule has 1 aliphatic rings. The van der Waals surface area contributed by atoms with Crippen LogP contribution in [0.15, 0.2) is 39.7 Å². The monoisotopic (exact) mass is 526 g/mol. The van der Waals surface area contributed by atoms with E-state index in [-0.39, 0.29) is 16.4 Å². The third kappa shape index (κ3) is 5.15. The van der Waals surface area contributed by atoms with Crippen LogP contribution in [0.5, 0.6) is 17.2 Å². The predicted molar refractivity (Wildman–Crippen MR) is 122 cm³/mol. The average Bonchev–Trinajstić information content (AvgIpc) is 2.98. The van der Waals surface area contributed by atoms with Crippen LogP contribution in [0.1, 0.15) is 5.56 Å². The summed E-state index contributed by atoms with van der Waals surface area (Å²) in [5.41, 5.74) is 0.934. The van der Waals surface area contributed by atoms with E-state index in [0.717, 1.165) is 16.7 Å². The molecule has 0 atom stereocenters. The molecule has 2 aromatic rings. The molecule has 1 heterocycles. The number of anilines is 1. The zero-order chi connectivity index (χ0) is 22.7. The molecule has 0 bridgehead atoms. The maximum atomic E-state index is 12.7. The highest BCUT2D eigenvalue weighted by Gasteiger charge is 2.36. The molecule has 162 valence electrons. The fraction of sp³-hybridized carbons (Fsp3) is 0.150. The second-order valence-corrected chi connectivity index (χ2v) is 8.47. The Morgan fingerprint density at radius 1 is 1.23 bits per heavy atom. The summed E-state index contributed by atoms with van der Waals surface area (Å²) in [5.74, 6) is -0.575. The molecule has 31 heavy (non-hydrogen) atoms. The lowest BCUT2D eigenvalue weighted by atomic mass is 10.2. The van der Waals surface area contributed by atoms with Crippen LogP contribution < -0.4 is 14.8 Å². The van der Waals surface area contributed by atoms with Crippen LogP contribution in [0.3, 0.4) is 0 Å². The molecule has 3 amide bonds. The van der Waals surface area contributed by atoms with E-state index in [1.807, 2.05) is 0 Å². The molecule has 1 fully saturated rings. The number of halogens is 2. The van der Waals surface area contributed by atoms with Crippen molar-refractivity contribution in [1.29, 1.82) is 0 Å². The third-order valence-corrected chi connectivity index (χ3v) is 5.99. The molecule has 2 N–H and O–H groups in total. The molecule has 0 radical (unpaired) electrons. The van der Waals surface area contributed by atoms with Crippen molar-refractivity contribution in [2.45, 2.75) is 0 Å². The van der Waals surface area contributed by atoms with Gasteiger partial charge in [-0.1, -0.05) is 11.6 Å². The van der Waals surface area contributed by atoms with Gasteiger partial charge in [0.1, 0.15) is 12.3 Å². The van der Waals surface area contributed by atoms with E-state index in [9.17, 15) is 19.5 Å². The van der Waals surface area contributed by atoms with Gasteiger partial charge in [0.25, 0.3) is 11.1 Å². The number of phenols is 1. The van der Waals surface area contributed by atoms with Gasteiger partial charge in [0, 0.05) is 5.69 Å². The molecule has 3 rings (SSSR count). The molecule has 11 heteroatoms. The number of nitrogens with zero attached hydrogens (tertiary/aromatic N) is 1. The average molecular weight is 528 g/mol. The third-order valence-electron chi connectivity index (χ3n) is 4.18. The van der Waals surface area contributed by atoms with Crippen molar-refractivity contribution < 1.29 is 29.0 Å². The van der Waals surface area contributed by atoms with Crippen LogP contribution in [0.2, 0.25) is 5.02 Å². The number of carbonyl (C=O) groups is 3. The SMILES string of the molecule is COc1ccc(NC(=O)CN2C(=O)S/C(=C/c3cc(Br)c(O)c(OC)c3)C2=O)cc1Cl. The van der Waals surface area contributed by atoms with Gasteiger partial charge in [-0.2, -0.15) is 0 Å². The lowest BCUT2D eigenvalue weighted by Crippen LogP contribution is -2.36. The Kier molecular flexibility index (Phi) is 7.14. The van der Waals surface area contributed by atoms with Gasteiger partial charge in [-0.25, -0.2) is 0 Å². The van der Waals surface area contributed by atoms with Gasteiger partial charge in [-0.3, -0.25) is 19.3 Å². The lowest BCUT2D eigenvalue weighted by molar-refractivity contribution is -0.127. The quantitative estimate of drug-likeness (QED) is 0.533. The number of hydrogen-bond donors (Lipinski definition) is 2. The van der Waals surface area contributed by atoms with Crippen LogP contribution in [0.25, 0.3) is 6.08 Å². The second kappa shape index (κ2) is 9.63. The summed E-state index contributed by atoms with van der Waals surface area (Å²) in [6.45, 7) is -0.450. The minimum Gasteiger partial charge on any atom is -0.503 e. The molecule has 0 aliphatic carbocycles. The van der Waals surface area contributed by atoms with Crippen molar-refractivity contribution in [3.8, 4) is 17.2 Å². The number of aromatic hydroxyl groups is 1. The molecule has 0 saturated carbocycles. The van der Waals surface area contributed by atoms with Crippen LogP contribution in [0.4, 0.5) is 10.5 Å². The summed E-state index contributed by atoms with van der Waals surface area (Å²) in [5, 5.41) is 12.2. The zero-order valence-electron chi connectivity index (χ0n) is 16.3. The van der Waals surface area contributed by atoms with E-state index in [4.69, 9.17) is 21.1 Å². The molecule has 1 saturated heterocycles. The Morgan fingerprint density at radius 3 is 2.58 bits per heavy atom. The first-order valence-electron chi connectivity index (χ1n) is 8.68. The van der Waals surface area contributed by atoms with Gasteiger partial charge < -0.3 is 19.9 Å². The smallest absolute Gasteiger partial charge is 0.294 e. The van der Waals surface area contributed by atoms with Gasteiger partial charge in [-0.05, 0) is 69.7 Å². The van der Waals surface area contributed by atoms with Gasteiger partial charge in [0.15, 0.2) is 11.5 Å². The number of hydrogen-bond acceptors (Lipinski definition) is 7. The standard InChI is InChI=1S/C20H16BrClN2O6S/c1-29-14-4-3-11(8-13(14)22)23-17(25)9-24-19(27)16(31-20(24)28)7-10-5-12(21)18(26)15(6-10)30-2/h3-8,26H,9H2,1-2H3,(H,23,25)/b16-7+. The number of ether oxygens (including phenoxy) is 2. The molecule has 1 aliphatic heterocycles. The largest absolute Gasteiger partial charge is 0.503 e. The van der Waals surface area contributed by atoms with Crippen molar-refractivity contribution in [2.75, 3.05) is 26.1 Å². The molecular weight excluding hydrogens is 512 g/mol. The lowest BCUT2D eigenvalue weighted by Gasteiger charge is -2.13. The maximum absolute atomic E-state index is 12.7. The summed E-state index contributed by atoms with van der Waals surface area (Å²) in [7, 11) is 2.87. The number of rotatable bonds is 6. The van der Waals surface area contributed by atoms with Crippen molar-refractivity contribution in [3.63, 3.8) is 0 Å². The van der Waals surface area contributed by atoms with E-state index in [1.165, 1.54) is 32.4 Å². The number of thioether (sulfide) groups is 1. The summed E-state index contributed by atoms with van der Waals surface area (Å²) in [6, 6.07) is 7.78. The number of benzene rings is 2. The first-order chi connectivity index (χ1) is 14.7. The Balaban J connectivity index is 1.73. The fourth-order valence-corrected chi connectivity index (χ4v) is 4.26. The highest BCUT2D eigenvalue weighted by molar-refractivity contribution is 9.10. The van der Waals surface area contributed by atoms with Crippen molar-refractivity contribution in [3.05, 3.63) is 50.3 Å². The molecule has 8 nitrogen and oxygen atoms in total. The van der Waals surface area contributed by atoms with Crippen molar-refractivity contribution >= 4 is 68.1 Å². The maximum Gasteiger partial charge on any atom is 0.294 e. The number of methoxy groups -OCH3 is 2. The predicted octanol–water partition coefficient (Wildman–Crippen LogP) is 4.50. The Morgan fingerprint density at radius 2 is 1.94 bits per heavy atom. The van der Waals surface area contributed by atoms with Gasteiger partial charge in [0.05, 0.1) is 28.6 Å². The minimum atomic E-state index is -0.596. The second-order valence-electron chi connectivity index (χ2n) is 6.22. The Hall–Kier alpha value is -2.69. The Labute approximate surface area is 195 Å². The number of amides is 3. The van der Waals surface area contributed by atoms with Crippen molar-refractivity contribution in [1.82, 2.24) is 4.90 Å². The van der Waals surface area contributed by atoms with Gasteiger partial charge in [-0.15, -0.1) is 0 Å². The van der Waals surface area contributed by atoms with E-state index >= 15 is 0 Å². The first-order valence-corrected chi connectivity index (χ1v) is 10.7. The van der Waals surface area contributed by atoms with Crippen LogP contribution >= 0.6 is 39.3 Å². The Bertz CT molecular complexity index is 1110. The van der Waals surface area contributed by atoms with Gasteiger partial charge in [0.2, 0.25) is 5.91 Å². The topological polar surface area (TPSA) is 105 Å². The minimum absolute atomic E-state index is 0.0805. The van der Waals surface area contributed by atoms with E-state index in [1.54, 1.807) is 18.2 Å². The van der Waals surface area contributed by atoms with Crippen LogP contribution in [-0.4, -0.2) is 47.8 Å². The molecule has 0 unspecified atom stereocenters. The van der Waals surface area contributed by atoms with Crippen LogP contribution in [0, 0.1) is 0 Å². The summed E-state index contributed by atoms with van der Waals surface area (Å²) in [6.07, 6.45) is 1.48. The van der Waals surface area contributed by atoms with E-state index in [2.05, 4.69) is 21.2 Å². The molecule has 2 aromatic carbocycles. The highest BCUT2D eigenvalue weighted by atomic mass is 79.9. The summed E-state index contributed by atoms with van der Waals surface area (Å²) < 4.78 is 10.5. The molecule has 0 aromatic heterocycles. The zero-order valence-corrected chi connectivity index (χ0v) is 19.4. The summed E-state index contributed by atoms with van der Waals surface area (Å²) >= 11 is 9.96. The highest BCUT2D eigenvalue weighted by Crippen LogP contribution is 2.38. The number of phenolic OH excluding ortho intramolecular Hbond substituents is 1. The van der Waals surface area contributed by atoms with E-state index in [0.29, 0.717) is 26.5 Å². The van der Waals surface area contributed by atoms with E-state index < -0.39 is 23.6 Å². The van der Waals surface area contributed by atoms with Crippen molar-refractivity contribution in [2.24, 2.45) is 0 Å². The molecular formula is C20H16BrClN2O6S. The van der Waals surface area contributed by atoms with Gasteiger partial charge >= 0.3 is 0 Å². The molecule has 0 spiro atoms. The summed E-state index contributed by atoms with van der Waals surface area (Å²) in [4.78, 5) is 38.3. The number of nitrogens with one attached hydrogen (secondary N) is 1. The van der Waals surface area contributed by atoms with Crippen LogP contribution in [-0.2, 0) is 9.59 Å². The normalized spacial score (nSPS) is 14.8.